The number of rotatable bonds is 4. The fraction of sp³-hybridized carbons (Fsp3) is 0.643. The minimum absolute atomic E-state index is 0.00421. The number of hydrogen-bond acceptors (Lipinski definition) is 5. The molecule has 0 bridgehead atoms. The summed E-state index contributed by atoms with van der Waals surface area (Å²) in [6, 6.07) is 2.83. The van der Waals surface area contributed by atoms with Crippen LogP contribution in [0.25, 0.3) is 0 Å². The fourth-order valence-electron chi connectivity index (χ4n) is 2.23. The fourth-order valence-corrected chi connectivity index (χ4v) is 2.23. The molecule has 0 radical (unpaired) electrons. The van der Waals surface area contributed by atoms with Crippen molar-refractivity contribution in [2.75, 3.05) is 26.9 Å². The predicted molar refractivity (Wildman–Crippen MR) is 76.3 cm³/mol. The third-order valence-electron chi connectivity index (χ3n) is 3.46. The summed E-state index contributed by atoms with van der Waals surface area (Å²) in [6.07, 6.45) is 0.00421. The molecular weight excluding hydrogens is 274 g/mol. The van der Waals surface area contributed by atoms with E-state index in [0.717, 1.165) is 0 Å². The lowest BCUT2D eigenvalue weighted by Crippen LogP contribution is -2.50. The van der Waals surface area contributed by atoms with Gasteiger partial charge in [0, 0.05) is 19.7 Å². The third kappa shape index (κ3) is 3.68. The van der Waals surface area contributed by atoms with Crippen LogP contribution in [0.5, 0.6) is 0 Å². The smallest absolute Gasteiger partial charge is 0.274 e. The molecular formula is C14H21N3O4. The molecule has 7 heteroatoms. The molecule has 2 heterocycles. The SMILES string of the molecule is COCCn1nc(C(=O)N2C[C@H](C)OC[C@H]2C)ccc1=O. The van der Waals surface area contributed by atoms with E-state index < -0.39 is 0 Å². The zero-order chi connectivity index (χ0) is 15.4. The van der Waals surface area contributed by atoms with Crippen LogP contribution in [0, 0.1) is 0 Å². The zero-order valence-corrected chi connectivity index (χ0v) is 12.6. The number of aromatic nitrogens is 2. The predicted octanol–water partition coefficient (Wildman–Crippen LogP) is 0.139. The van der Waals surface area contributed by atoms with E-state index in [1.165, 1.54) is 16.8 Å². The Bertz CT molecular complexity index is 557. The Labute approximate surface area is 123 Å². The molecule has 7 nitrogen and oxygen atoms in total. The zero-order valence-electron chi connectivity index (χ0n) is 12.6. The largest absolute Gasteiger partial charge is 0.383 e. The molecule has 0 aromatic carbocycles. The first-order chi connectivity index (χ1) is 10.0. The van der Waals surface area contributed by atoms with Crippen LogP contribution in [0.3, 0.4) is 0 Å². The summed E-state index contributed by atoms with van der Waals surface area (Å²) in [5, 5.41) is 4.14. The molecule has 1 aliphatic heterocycles. The number of carbonyl (C=O) groups excluding carboxylic acids is 1. The molecule has 1 aromatic heterocycles. The number of nitrogens with zero attached hydrogens (tertiary/aromatic N) is 3. The summed E-state index contributed by atoms with van der Waals surface area (Å²) in [6.45, 7) is 5.60. The monoisotopic (exact) mass is 295 g/mol. The van der Waals surface area contributed by atoms with E-state index in [0.29, 0.717) is 26.3 Å². The summed E-state index contributed by atoms with van der Waals surface area (Å²) < 4.78 is 11.7. The minimum atomic E-state index is -0.244. The van der Waals surface area contributed by atoms with Crippen molar-refractivity contribution in [3.8, 4) is 0 Å². The summed E-state index contributed by atoms with van der Waals surface area (Å²) in [5.74, 6) is -0.177. The van der Waals surface area contributed by atoms with Gasteiger partial charge in [-0.3, -0.25) is 9.59 Å². The van der Waals surface area contributed by atoms with Crippen molar-refractivity contribution in [2.45, 2.75) is 32.5 Å². The summed E-state index contributed by atoms with van der Waals surface area (Å²) in [7, 11) is 1.55. The molecule has 0 N–H and O–H groups in total. The van der Waals surface area contributed by atoms with Gasteiger partial charge in [-0.25, -0.2) is 4.68 Å². The van der Waals surface area contributed by atoms with Crippen molar-refractivity contribution < 1.29 is 14.3 Å². The molecule has 1 saturated heterocycles. The normalized spacial score (nSPS) is 22.3. The van der Waals surface area contributed by atoms with E-state index in [4.69, 9.17) is 9.47 Å². The van der Waals surface area contributed by atoms with Crippen LogP contribution in [-0.4, -0.2) is 59.6 Å². The molecule has 0 aliphatic carbocycles. The van der Waals surface area contributed by atoms with Gasteiger partial charge < -0.3 is 14.4 Å². The van der Waals surface area contributed by atoms with Gasteiger partial charge in [-0.15, -0.1) is 0 Å². The average Bonchev–Trinajstić information content (AvgIpc) is 2.48. The molecule has 0 unspecified atom stereocenters. The van der Waals surface area contributed by atoms with Gasteiger partial charge in [0.15, 0.2) is 0 Å². The third-order valence-corrected chi connectivity index (χ3v) is 3.46. The Balaban J connectivity index is 2.20. The lowest BCUT2D eigenvalue weighted by atomic mass is 10.2. The standard InChI is InChI=1S/C14H21N3O4/c1-10-9-21-11(2)8-16(10)14(19)12-4-5-13(18)17(15-12)6-7-20-3/h4-5,10-11H,6-9H2,1-3H3/t10-,11+/m1/s1. The maximum Gasteiger partial charge on any atom is 0.274 e. The number of methoxy groups -OCH3 is 1. The maximum absolute atomic E-state index is 12.6. The number of carbonyl (C=O) groups is 1. The topological polar surface area (TPSA) is 73.7 Å². The molecule has 1 fully saturated rings. The Morgan fingerprint density at radius 2 is 2.24 bits per heavy atom. The highest BCUT2D eigenvalue weighted by atomic mass is 16.5. The van der Waals surface area contributed by atoms with Gasteiger partial charge in [-0.1, -0.05) is 0 Å². The molecule has 1 aliphatic rings. The average molecular weight is 295 g/mol. The van der Waals surface area contributed by atoms with Crippen LogP contribution in [0.4, 0.5) is 0 Å². The van der Waals surface area contributed by atoms with Crippen molar-refractivity contribution in [1.29, 1.82) is 0 Å². The van der Waals surface area contributed by atoms with Gasteiger partial charge in [0.25, 0.3) is 11.5 Å². The molecule has 0 spiro atoms. The first-order valence-electron chi connectivity index (χ1n) is 7.02. The molecule has 2 atom stereocenters. The number of morpholine rings is 1. The van der Waals surface area contributed by atoms with Crippen LogP contribution in [0.1, 0.15) is 24.3 Å². The lowest BCUT2D eigenvalue weighted by Gasteiger charge is -2.36. The van der Waals surface area contributed by atoms with Gasteiger partial charge in [0.2, 0.25) is 0 Å². The maximum atomic E-state index is 12.6. The summed E-state index contributed by atoms with van der Waals surface area (Å²) in [4.78, 5) is 26.0. The van der Waals surface area contributed by atoms with E-state index in [2.05, 4.69) is 5.10 Å². The summed E-state index contributed by atoms with van der Waals surface area (Å²) in [5.41, 5.74) is 0.0265. The highest BCUT2D eigenvalue weighted by Gasteiger charge is 2.29. The van der Waals surface area contributed by atoms with E-state index in [1.54, 1.807) is 12.0 Å². The van der Waals surface area contributed by atoms with Crippen molar-refractivity contribution in [3.63, 3.8) is 0 Å². The quantitative estimate of drug-likeness (QED) is 0.790. The van der Waals surface area contributed by atoms with E-state index in [1.807, 2.05) is 13.8 Å². The second-order valence-electron chi connectivity index (χ2n) is 5.22. The Morgan fingerprint density at radius 3 is 2.95 bits per heavy atom. The Hall–Kier alpha value is -1.73. The van der Waals surface area contributed by atoms with Gasteiger partial charge in [0.1, 0.15) is 5.69 Å². The van der Waals surface area contributed by atoms with E-state index >= 15 is 0 Å². The summed E-state index contributed by atoms with van der Waals surface area (Å²) >= 11 is 0. The van der Waals surface area contributed by atoms with Gasteiger partial charge in [0.05, 0.1) is 31.9 Å². The van der Waals surface area contributed by atoms with Gasteiger partial charge >= 0.3 is 0 Å². The van der Waals surface area contributed by atoms with Gasteiger partial charge in [-0.05, 0) is 19.9 Å². The van der Waals surface area contributed by atoms with E-state index in [9.17, 15) is 9.59 Å². The van der Waals surface area contributed by atoms with Crippen molar-refractivity contribution in [2.24, 2.45) is 0 Å². The highest BCUT2D eigenvalue weighted by molar-refractivity contribution is 5.92. The molecule has 21 heavy (non-hydrogen) atoms. The molecule has 116 valence electrons. The lowest BCUT2D eigenvalue weighted by molar-refractivity contribution is -0.0389. The van der Waals surface area contributed by atoms with Crippen molar-refractivity contribution in [3.05, 3.63) is 28.2 Å². The van der Waals surface area contributed by atoms with E-state index in [-0.39, 0.29) is 29.3 Å². The molecule has 2 rings (SSSR count). The number of ether oxygens (including phenoxy) is 2. The number of amides is 1. The van der Waals surface area contributed by atoms with Crippen LogP contribution in [0.15, 0.2) is 16.9 Å². The van der Waals surface area contributed by atoms with Crippen LogP contribution < -0.4 is 5.56 Å². The number of hydrogen-bond donors (Lipinski definition) is 0. The Kier molecular flexibility index (Phi) is 5.08. The van der Waals surface area contributed by atoms with Crippen molar-refractivity contribution >= 4 is 5.91 Å². The second kappa shape index (κ2) is 6.82. The highest BCUT2D eigenvalue weighted by Crippen LogP contribution is 2.14. The first kappa shape index (κ1) is 15.7. The van der Waals surface area contributed by atoms with Crippen molar-refractivity contribution in [1.82, 2.24) is 14.7 Å². The minimum Gasteiger partial charge on any atom is -0.383 e. The van der Waals surface area contributed by atoms with Crippen LogP contribution in [-0.2, 0) is 16.0 Å². The Morgan fingerprint density at radius 1 is 1.48 bits per heavy atom. The second-order valence-corrected chi connectivity index (χ2v) is 5.22. The molecule has 1 aromatic rings. The first-order valence-corrected chi connectivity index (χ1v) is 7.02. The van der Waals surface area contributed by atoms with Gasteiger partial charge in [-0.2, -0.15) is 5.10 Å². The van der Waals surface area contributed by atoms with Crippen LogP contribution >= 0.6 is 0 Å². The molecule has 0 saturated carbocycles. The van der Waals surface area contributed by atoms with Crippen LogP contribution in [0.2, 0.25) is 0 Å². The molecule has 1 amide bonds.